The van der Waals surface area contributed by atoms with Crippen LogP contribution in [-0.4, -0.2) is 26.9 Å². The average Bonchev–Trinajstić information content (AvgIpc) is 2.79. The Balaban J connectivity index is 2.32. The first-order valence-corrected chi connectivity index (χ1v) is 6.30. The zero-order chi connectivity index (χ0) is 13.1. The van der Waals surface area contributed by atoms with Crippen LogP contribution in [0.25, 0.3) is 0 Å². The zero-order valence-electron chi connectivity index (χ0n) is 11.1. The fourth-order valence-corrected chi connectivity index (χ4v) is 2.57. The lowest BCUT2D eigenvalue weighted by Gasteiger charge is -2.26. The molecule has 0 bridgehead atoms. The highest BCUT2D eigenvalue weighted by molar-refractivity contribution is 5.33. The molecule has 0 radical (unpaired) electrons. The Morgan fingerprint density at radius 2 is 2.28 bits per heavy atom. The number of nitrogens with one attached hydrogen (secondary N) is 1. The van der Waals surface area contributed by atoms with Crippen molar-refractivity contribution in [2.45, 2.75) is 25.5 Å². The molecule has 1 fully saturated rings. The number of ether oxygens (including phenoxy) is 2. The van der Waals surface area contributed by atoms with Gasteiger partial charge in [0, 0.05) is 12.2 Å². The molecule has 1 aliphatic heterocycles. The maximum atomic E-state index is 14.3. The van der Waals surface area contributed by atoms with Gasteiger partial charge in [-0.05, 0) is 25.5 Å². The first-order chi connectivity index (χ1) is 8.69. The van der Waals surface area contributed by atoms with E-state index in [1.54, 1.807) is 18.2 Å². The second-order valence-corrected chi connectivity index (χ2v) is 4.73. The largest absolute Gasteiger partial charge is 0.494 e. The van der Waals surface area contributed by atoms with Gasteiger partial charge in [0.1, 0.15) is 0 Å². The smallest absolute Gasteiger partial charge is 0.169 e. The molecule has 4 heteroatoms. The molecule has 0 spiro atoms. The topological polar surface area (TPSA) is 30.5 Å². The molecule has 1 N–H and O–H groups in total. The van der Waals surface area contributed by atoms with E-state index in [4.69, 9.17) is 9.47 Å². The summed E-state index contributed by atoms with van der Waals surface area (Å²) < 4.78 is 25.0. The number of likely N-dealkylation sites (N-methyl/N-ethyl adjacent to an activating group) is 1. The van der Waals surface area contributed by atoms with E-state index in [0.29, 0.717) is 11.5 Å². The zero-order valence-corrected chi connectivity index (χ0v) is 11.1. The molecular weight excluding hydrogens is 233 g/mol. The number of hydrogen-bond donors (Lipinski definition) is 1. The maximum absolute atomic E-state index is 14.3. The maximum Gasteiger partial charge on any atom is 0.169 e. The summed E-state index contributed by atoms with van der Waals surface area (Å²) in [5.74, 6) is 0.397. The highest BCUT2D eigenvalue weighted by atomic mass is 19.1. The summed E-state index contributed by atoms with van der Waals surface area (Å²) in [7, 11) is 3.31. The van der Waals surface area contributed by atoms with Crippen LogP contribution in [-0.2, 0) is 4.74 Å². The van der Waals surface area contributed by atoms with Gasteiger partial charge in [0.05, 0.1) is 19.3 Å². The molecule has 2 rings (SSSR count). The van der Waals surface area contributed by atoms with Crippen LogP contribution in [0.15, 0.2) is 18.2 Å². The van der Waals surface area contributed by atoms with Gasteiger partial charge in [0.25, 0.3) is 0 Å². The first kappa shape index (κ1) is 13.3. The molecule has 0 saturated carbocycles. The molecule has 0 amide bonds. The summed E-state index contributed by atoms with van der Waals surface area (Å²) in [5.41, 5.74) is 0.607. The van der Waals surface area contributed by atoms with E-state index in [9.17, 15) is 4.39 Å². The van der Waals surface area contributed by atoms with Crippen molar-refractivity contribution < 1.29 is 13.9 Å². The van der Waals surface area contributed by atoms with Crippen molar-refractivity contribution in [3.8, 4) is 5.75 Å². The summed E-state index contributed by atoms with van der Waals surface area (Å²) in [6.07, 6.45) is 1.03. The second-order valence-electron chi connectivity index (χ2n) is 4.73. The minimum Gasteiger partial charge on any atom is -0.494 e. The van der Waals surface area contributed by atoms with E-state index in [0.717, 1.165) is 13.0 Å². The third-order valence-corrected chi connectivity index (χ3v) is 3.63. The monoisotopic (exact) mass is 253 g/mol. The molecule has 1 aromatic carbocycles. The van der Waals surface area contributed by atoms with Crippen LogP contribution in [0.5, 0.6) is 5.75 Å². The van der Waals surface area contributed by atoms with Crippen molar-refractivity contribution in [2.75, 3.05) is 20.8 Å². The number of halogens is 1. The Morgan fingerprint density at radius 3 is 2.83 bits per heavy atom. The normalized spacial score (nSPS) is 25.1. The van der Waals surface area contributed by atoms with Gasteiger partial charge < -0.3 is 14.8 Å². The lowest BCUT2D eigenvalue weighted by atomic mass is 9.92. The fourth-order valence-electron chi connectivity index (χ4n) is 2.57. The molecule has 1 aromatic rings. The van der Waals surface area contributed by atoms with Gasteiger partial charge >= 0.3 is 0 Å². The predicted molar refractivity (Wildman–Crippen MR) is 68.3 cm³/mol. The second kappa shape index (κ2) is 5.67. The lowest BCUT2D eigenvalue weighted by molar-refractivity contribution is 0.0619. The van der Waals surface area contributed by atoms with Gasteiger partial charge in [-0.25, -0.2) is 4.39 Å². The molecule has 100 valence electrons. The van der Waals surface area contributed by atoms with Gasteiger partial charge in [-0.2, -0.15) is 0 Å². The van der Waals surface area contributed by atoms with E-state index in [-0.39, 0.29) is 23.7 Å². The van der Waals surface area contributed by atoms with Crippen molar-refractivity contribution in [1.82, 2.24) is 5.32 Å². The third-order valence-electron chi connectivity index (χ3n) is 3.63. The fraction of sp³-hybridized carbons (Fsp3) is 0.571. The molecular formula is C14H20FNO2. The van der Waals surface area contributed by atoms with Crippen LogP contribution in [0.2, 0.25) is 0 Å². The molecule has 0 aliphatic carbocycles. The van der Waals surface area contributed by atoms with Crippen LogP contribution in [0.4, 0.5) is 4.39 Å². The van der Waals surface area contributed by atoms with Crippen LogP contribution >= 0.6 is 0 Å². The third kappa shape index (κ3) is 2.35. The standard InChI is InChI=1S/C14H20FNO2/c1-9-7-8-18-14(9)13(16-2)10-5-4-6-11(17-3)12(10)15/h4-6,9,13-14,16H,7-8H2,1-3H3. The average molecular weight is 253 g/mol. The van der Waals surface area contributed by atoms with Crippen molar-refractivity contribution in [3.05, 3.63) is 29.6 Å². The van der Waals surface area contributed by atoms with E-state index >= 15 is 0 Å². The van der Waals surface area contributed by atoms with Crippen LogP contribution in [0.3, 0.4) is 0 Å². The first-order valence-electron chi connectivity index (χ1n) is 6.30. The quantitative estimate of drug-likeness (QED) is 0.894. The molecule has 1 saturated heterocycles. The highest BCUT2D eigenvalue weighted by Gasteiger charge is 2.34. The van der Waals surface area contributed by atoms with Crippen molar-refractivity contribution in [1.29, 1.82) is 0 Å². The molecule has 1 aliphatic rings. The van der Waals surface area contributed by atoms with Crippen LogP contribution in [0, 0.1) is 11.7 Å². The number of methoxy groups -OCH3 is 1. The highest BCUT2D eigenvalue weighted by Crippen LogP contribution is 2.34. The molecule has 0 aromatic heterocycles. The van der Waals surface area contributed by atoms with Gasteiger partial charge in [-0.15, -0.1) is 0 Å². The molecule has 3 unspecified atom stereocenters. The molecule has 1 heterocycles. The Morgan fingerprint density at radius 1 is 1.50 bits per heavy atom. The summed E-state index contributed by atoms with van der Waals surface area (Å²) in [5, 5.41) is 3.16. The number of rotatable bonds is 4. The summed E-state index contributed by atoms with van der Waals surface area (Å²) in [6, 6.07) is 5.08. The SMILES string of the molecule is CNC(c1cccc(OC)c1F)C1OCCC1C. The predicted octanol–water partition coefficient (Wildman–Crippen LogP) is 2.52. The van der Waals surface area contributed by atoms with Crippen molar-refractivity contribution >= 4 is 0 Å². The van der Waals surface area contributed by atoms with E-state index < -0.39 is 0 Å². The Kier molecular flexibility index (Phi) is 4.19. The van der Waals surface area contributed by atoms with Crippen LogP contribution < -0.4 is 10.1 Å². The van der Waals surface area contributed by atoms with E-state index in [1.807, 2.05) is 7.05 Å². The molecule has 3 nitrogen and oxygen atoms in total. The summed E-state index contributed by atoms with van der Waals surface area (Å²) in [6.45, 7) is 2.88. The van der Waals surface area contributed by atoms with Crippen LogP contribution in [0.1, 0.15) is 24.9 Å². The Bertz CT molecular complexity index is 411. The number of hydrogen-bond acceptors (Lipinski definition) is 3. The van der Waals surface area contributed by atoms with Crippen molar-refractivity contribution in [3.63, 3.8) is 0 Å². The van der Waals surface area contributed by atoms with Crippen molar-refractivity contribution in [2.24, 2.45) is 5.92 Å². The lowest BCUT2D eigenvalue weighted by Crippen LogP contribution is -2.33. The minimum absolute atomic E-state index is 0.0107. The van der Waals surface area contributed by atoms with Gasteiger partial charge in [-0.3, -0.25) is 0 Å². The molecule has 3 atom stereocenters. The van der Waals surface area contributed by atoms with Gasteiger partial charge in [0.15, 0.2) is 11.6 Å². The minimum atomic E-state index is -0.304. The number of benzene rings is 1. The Labute approximate surface area is 107 Å². The summed E-state index contributed by atoms with van der Waals surface area (Å²) >= 11 is 0. The van der Waals surface area contributed by atoms with E-state index in [2.05, 4.69) is 12.2 Å². The Hall–Kier alpha value is -1.13. The molecule has 18 heavy (non-hydrogen) atoms. The van der Waals surface area contributed by atoms with E-state index in [1.165, 1.54) is 7.11 Å². The van der Waals surface area contributed by atoms with Gasteiger partial charge in [0.2, 0.25) is 0 Å². The van der Waals surface area contributed by atoms with Gasteiger partial charge in [-0.1, -0.05) is 19.1 Å². The summed E-state index contributed by atoms with van der Waals surface area (Å²) in [4.78, 5) is 0.